The van der Waals surface area contributed by atoms with Gasteiger partial charge in [0.1, 0.15) is 5.69 Å². The van der Waals surface area contributed by atoms with E-state index in [0.717, 1.165) is 25.7 Å². The number of ether oxygens (including phenoxy) is 1. The second kappa shape index (κ2) is 7.79. The number of carbonyl (C=O) groups excluding carboxylic acids is 1. The Morgan fingerprint density at radius 1 is 1.29 bits per heavy atom. The van der Waals surface area contributed by atoms with Gasteiger partial charge in [-0.1, -0.05) is 12.8 Å². The molecule has 1 aromatic heterocycles. The van der Waals surface area contributed by atoms with Crippen LogP contribution in [0.1, 0.15) is 55.1 Å². The Balaban J connectivity index is 1.56. The van der Waals surface area contributed by atoms with E-state index >= 15 is 0 Å². The third-order valence-electron chi connectivity index (χ3n) is 5.17. The molecule has 1 aromatic rings. The number of rotatable bonds is 6. The highest BCUT2D eigenvalue weighted by Crippen LogP contribution is 2.28. The first-order chi connectivity index (χ1) is 11.6. The summed E-state index contributed by atoms with van der Waals surface area (Å²) < 4.78 is 7.15. The summed E-state index contributed by atoms with van der Waals surface area (Å²) in [5, 5.41) is 16.6. The summed E-state index contributed by atoms with van der Waals surface area (Å²) in [6, 6.07) is 2.10. The van der Waals surface area contributed by atoms with Gasteiger partial charge < -0.3 is 15.2 Å². The highest BCUT2D eigenvalue weighted by molar-refractivity contribution is 5.92. The van der Waals surface area contributed by atoms with Gasteiger partial charge in [-0.25, -0.2) is 0 Å². The van der Waals surface area contributed by atoms with E-state index in [4.69, 9.17) is 4.74 Å². The zero-order chi connectivity index (χ0) is 16.9. The molecule has 1 aliphatic carbocycles. The van der Waals surface area contributed by atoms with Crippen LogP contribution in [0.3, 0.4) is 0 Å². The highest BCUT2D eigenvalue weighted by atomic mass is 16.5. The fraction of sp³-hybridized carbons (Fsp3) is 0.706. The molecule has 24 heavy (non-hydrogen) atoms. The van der Waals surface area contributed by atoms with E-state index in [1.807, 2.05) is 10.9 Å². The van der Waals surface area contributed by atoms with Crippen molar-refractivity contribution in [2.24, 2.45) is 11.8 Å². The molecule has 132 valence electrons. The molecule has 0 spiro atoms. The van der Waals surface area contributed by atoms with E-state index < -0.39 is 11.9 Å². The van der Waals surface area contributed by atoms with Gasteiger partial charge in [-0.3, -0.25) is 14.3 Å². The minimum atomic E-state index is -0.862. The van der Waals surface area contributed by atoms with Crippen molar-refractivity contribution in [3.63, 3.8) is 0 Å². The van der Waals surface area contributed by atoms with Crippen molar-refractivity contribution >= 4 is 11.9 Å². The maximum Gasteiger partial charge on any atom is 0.308 e. The first-order valence-electron chi connectivity index (χ1n) is 8.79. The van der Waals surface area contributed by atoms with Crippen molar-refractivity contribution < 1.29 is 19.4 Å². The van der Waals surface area contributed by atoms with Crippen LogP contribution in [0.5, 0.6) is 0 Å². The van der Waals surface area contributed by atoms with Gasteiger partial charge in [-0.15, -0.1) is 0 Å². The van der Waals surface area contributed by atoms with Crippen molar-refractivity contribution in [1.82, 2.24) is 15.1 Å². The number of aliphatic carboxylic acids is 1. The van der Waals surface area contributed by atoms with E-state index in [-0.39, 0.29) is 18.4 Å². The van der Waals surface area contributed by atoms with Gasteiger partial charge >= 0.3 is 5.97 Å². The summed E-state index contributed by atoms with van der Waals surface area (Å²) in [6.07, 6.45) is 7.92. The minimum Gasteiger partial charge on any atom is -0.481 e. The minimum absolute atomic E-state index is 0.0487. The standard InChI is InChI=1S/C17H25N3O4/c21-16(15-5-8-20(19-15)13-3-1-2-4-13)18-11-14(17(22)23)12-6-9-24-10-7-12/h5,8,12-14H,1-4,6-7,9-11H2,(H,18,21)(H,22,23). The Morgan fingerprint density at radius 3 is 2.67 bits per heavy atom. The molecule has 0 bridgehead atoms. The third kappa shape index (κ3) is 3.95. The molecule has 7 nitrogen and oxygen atoms in total. The molecule has 1 atom stereocenters. The summed E-state index contributed by atoms with van der Waals surface area (Å²) >= 11 is 0. The van der Waals surface area contributed by atoms with Crippen LogP contribution in [0.25, 0.3) is 0 Å². The lowest BCUT2D eigenvalue weighted by atomic mass is 9.86. The molecular weight excluding hydrogens is 310 g/mol. The molecule has 3 rings (SSSR count). The van der Waals surface area contributed by atoms with Crippen molar-refractivity contribution in [3.05, 3.63) is 18.0 Å². The van der Waals surface area contributed by atoms with Crippen LogP contribution < -0.4 is 5.32 Å². The summed E-state index contributed by atoms with van der Waals surface area (Å²) in [4.78, 5) is 23.8. The van der Waals surface area contributed by atoms with E-state index in [0.29, 0.717) is 24.9 Å². The Hall–Kier alpha value is -1.89. The maximum atomic E-state index is 12.3. The largest absolute Gasteiger partial charge is 0.481 e. The van der Waals surface area contributed by atoms with Gasteiger partial charge in [0.2, 0.25) is 0 Å². The molecule has 0 aromatic carbocycles. The number of aromatic nitrogens is 2. The number of hydrogen-bond donors (Lipinski definition) is 2. The zero-order valence-electron chi connectivity index (χ0n) is 13.8. The van der Waals surface area contributed by atoms with E-state index in [9.17, 15) is 14.7 Å². The molecule has 0 radical (unpaired) electrons. The Morgan fingerprint density at radius 2 is 2.00 bits per heavy atom. The topological polar surface area (TPSA) is 93.5 Å². The molecule has 2 fully saturated rings. The molecular formula is C17H25N3O4. The lowest BCUT2D eigenvalue weighted by molar-refractivity contribution is -0.144. The van der Waals surface area contributed by atoms with Crippen molar-refractivity contribution in [3.8, 4) is 0 Å². The fourth-order valence-electron chi connectivity index (χ4n) is 3.70. The number of nitrogens with zero attached hydrogens (tertiary/aromatic N) is 2. The third-order valence-corrected chi connectivity index (χ3v) is 5.17. The second-order valence-electron chi connectivity index (χ2n) is 6.72. The summed E-state index contributed by atoms with van der Waals surface area (Å²) in [5.74, 6) is -1.69. The average Bonchev–Trinajstić information content (AvgIpc) is 3.27. The molecule has 7 heteroatoms. The van der Waals surface area contributed by atoms with Crippen molar-refractivity contribution in [2.75, 3.05) is 19.8 Å². The van der Waals surface area contributed by atoms with Gasteiger partial charge in [-0.2, -0.15) is 5.10 Å². The molecule has 1 aliphatic heterocycles. The van der Waals surface area contributed by atoms with Crippen LogP contribution in [-0.2, 0) is 9.53 Å². The number of nitrogens with one attached hydrogen (secondary N) is 1. The first-order valence-corrected chi connectivity index (χ1v) is 8.79. The predicted octanol–water partition coefficient (Wildman–Crippen LogP) is 1.86. The van der Waals surface area contributed by atoms with E-state index in [1.54, 1.807) is 6.07 Å². The smallest absolute Gasteiger partial charge is 0.308 e. The molecule has 2 aliphatic rings. The number of carboxylic acid groups (broad SMARTS) is 1. The Labute approximate surface area is 141 Å². The Bertz CT molecular complexity index is 574. The highest BCUT2D eigenvalue weighted by Gasteiger charge is 2.30. The van der Waals surface area contributed by atoms with Gasteiger partial charge in [-0.05, 0) is 37.7 Å². The summed E-state index contributed by atoms with van der Waals surface area (Å²) in [7, 11) is 0. The lowest BCUT2D eigenvalue weighted by Crippen LogP contribution is -2.39. The van der Waals surface area contributed by atoms with Crippen LogP contribution in [0.2, 0.25) is 0 Å². The number of carbonyl (C=O) groups is 2. The first kappa shape index (κ1) is 17.0. The molecule has 1 unspecified atom stereocenters. The van der Waals surface area contributed by atoms with Crippen LogP contribution in [0.15, 0.2) is 12.3 Å². The molecule has 2 heterocycles. The van der Waals surface area contributed by atoms with Crippen molar-refractivity contribution in [1.29, 1.82) is 0 Å². The second-order valence-corrected chi connectivity index (χ2v) is 6.72. The number of amides is 1. The van der Waals surface area contributed by atoms with Crippen LogP contribution in [-0.4, -0.2) is 46.5 Å². The average molecular weight is 335 g/mol. The fourth-order valence-corrected chi connectivity index (χ4v) is 3.70. The van der Waals surface area contributed by atoms with Crippen LogP contribution >= 0.6 is 0 Å². The van der Waals surface area contributed by atoms with Crippen molar-refractivity contribution in [2.45, 2.75) is 44.6 Å². The monoisotopic (exact) mass is 335 g/mol. The molecule has 1 amide bonds. The lowest BCUT2D eigenvalue weighted by Gasteiger charge is -2.27. The summed E-state index contributed by atoms with van der Waals surface area (Å²) in [6.45, 7) is 1.32. The predicted molar refractivity (Wildman–Crippen MR) is 86.7 cm³/mol. The Kier molecular flexibility index (Phi) is 5.50. The van der Waals surface area contributed by atoms with Gasteiger partial charge in [0.05, 0.1) is 12.0 Å². The molecule has 1 saturated carbocycles. The maximum absolute atomic E-state index is 12.3. The zero-order valence-corrected chi connectivity index (χ0v) is 13.8. The van der Waals surface area contributed by atoms with E-state index in [2.05, 4.69) is 10.4 Å². The molecule has 2 N–H and O–H groups in total. The van der Waals surface area contributed by atoms with Crippen LogP contribution in [0, 0.1) is 11.8 Å². The van der Waals surface area contributed by atoms with Gasteiger partial charge in [0, 0.05) is 26.0 Å². The molecule has 1 saturated heterocycles. The number of carboxylic acids is 1. The quantitative estimate of drug-likeness (QED) is 0.827. The normalized spacial score (nSPS) is 20.8. The van der Waals surface area contributed by atoms with Gasteiger partial charge in [0.15, 0.2) is 0 Å². The van der Waals surface area contributed by atoms with E-state index in [1.165, 1.54) is 12.8 Å². The number of hydrogen-bond acceptors (Lipinski definition) is 4. The van der Waals surface area contributed by atoms with Gasteiger partial charge in [0.25, 0.3) is 5.91 Å². The SMILES string of the molecule is O=C(NCC(C(=O)O)C1CCOCC1)c1ccn(C2CCCC2)n1. The summed E-state index contributed by atoms with van der Waals surface area (Å²) in [5.41, 5.74) is 0.359. The van der Waals surface area contributed by atoms with Crippen LogP contribution in [0.4, 0.5) is 0 Å².